The Hall–Kier alpha value is -1.70. The molecule has 2 rings (SSSR count). The van der Waals surface area contributed by atoms with E-state index in [-0.39, 0.29) is 0 Å². The van der Waals surface area contributed by atoms with Crippen LogP contribution < -0.4 is 5.32 Å². The summed E-state index contributed by atoms with van der Waals surface area (Å²) in [5, 5.41) is 1.88. The molecule has 0 saturated heterocycles. The van der Waals surface area contributed by atoms with Crippen LogP contribution in [0.15, 0.2) is 18.6 Å². The van der Waals surface area contributed by atoms with E-state index in [1.165, 1.54) is 12.4 Å². The molecule has 0 aromatic carbocycles. The Morgan fingerprint density at radius 3 is 2.59 bits per heavy atom. The van der Waals surface area contributed by atoms with Crippen molar-refractivity contribution in [1.29, 1.82) is 0 Å². The van der Waals surface area contributed by atoms with Crippen LogP contribution >= 0.6 is 11.3 Å². The third kappa shape index (κ3) is 2.52. The normalized spacial score (nSPS) is 11.5. The second-order valence-electron chi connectivity index (χ2n) is 3.07. The molecule has 0 fully saturated rings. The van der Waals surface area contributed by atoms with E-state index in [9.17, 15) is 13.2 Å². The molecule has 0 aliphatic carbocycles. The van der Waals surface area contributed by atoms with Gasteiger partial charge in [0.2, 0.25) is 0 Å². The summed E-state index contributed by atoms with van der Waals surface area (Å²) in [6.45, 7) is 0. The standard InChI is InChI=1S/C9H7F3N4S/c1-13-7-4-14-2-5(16-7)6-3-15-8(17-6)9(10,11)12/h2-4H,1H3,(H,13,16). The molecular formula is C9H7F3N4S. The fourth-order valence-corrected chi connectivity index (χ4v) is 1.87. The van der Waals surface area contributed by atoms with Crippen LogP contribution in [0.5, 0.6) is 0 Å². The maximum Gasteiger partial charge on any atom is 0.443 e. The number of anilines is 1. The van der Waals surface area contributed by atoms with Crippen molar-refractivity contribution in [3.05, 3.63) is 23.6 Å². The summed E-state index contributed by atoms with van der Waals surface area (Å²) in [6.07, 6.45) is -0.391. The van der Waals surface area contributed by atoms with E-state index in [2.05, 4.69) is 20.3 Å². The molecule has 2 aromatic rings. The Balaban J connectivity index is 2.37. The molecule has 0 radical (unpaired) electrons. The van der Waals surface area contributed by atoms with E-state index in [1.54, 1.807) is 7.05 Å². The van der Waals surface area contributed by atoms with Crippen LogP contribution in [0.1, 0.15) is 5.01 Å². The van der Waals surface area contributed by atoms with Crippen molar-refractivity contribution in [3.63, 3.8) is 0 Å². The zero-order valence-electron chi connectivity index (χ0n) is 8.62. The second-order valence-corrected chi connectivity index (χ2v) is 4.10. The number of hydrogen-bond donors (Lipinski definition) is 1. The minimum absolute atomic E-state index is 0.335. The first-order valence-electron chi connectivity index (χ1n) is 4.54. The molecule has 8 heteroatoms. The average Bonchev–Trinajstić information content (AvgIpc) is 2.78. The highest BCUT2D eigenvalue weighted by molar-refractivity contribution is 7.15. The quantitative estimate of drug-likeness (QED) is 0.901. The largest absolute Gasteiger partial charge is 0.443 e. The van der Waals surface area contributed by atoms with Gasteiger partial charge in [0.15, 0.2) is 5.01 Å². The predicted molar refractivity (Wildman–Crippen MR) is 57.7 cm³/mol. The van der Waals surface area contributed by atoms with Crippen LogP contribution in [0, 0.1) is 0 Å². The molecule has 2 heterocycles. The Morgan fingerprint density at radius 2 is 2.00 bits per heavy atom. The smallest absolute Gasteiger partial charge is 0.372 e. The Bertz CT molecular complexity index is 523. The number of nitrogens with zero attached hydrogens (tertiary/aromatic N) is 3. The first-order chi connectivity index (χ1) is 8.00. The lowest BCUT2D eigenvalue weighted by Crippen LogP contribution is -2.02. The highest BCUT2D eigenvalue weighted by Gasteiger charge is 2.34. The number of nitrogens with one attached hydrogen (secondary N) is 1. The van der Waals surface area contributed by atoms with Gasteiger partial charge < -0.3 is 5.32 Å². The van der Waals surface area contributed by atoms with Gasteiger partial charge >= 0.3 is 6.18 Å². The predicted octanol–water partition coefficient (Wildman–Crippen LogP) is 2.66. The van der Waals surface area contributed by atoms with Crippen LogP contribution in [0.2, 0.25) is 0 Å². The summed E-state index contributed by atoms with van der Waals surface area (Å²) in [6, 6.07) is 0. The van der Waals surface area contributed by atoms with Crippen molar-refractivity contribution in [2.24, 2.45) is 0 Å². The molecule has 0 spiro atoms. The number of aromatic nitrogens is 3. The lowest BCUT2D eigenvalue weighted by molar-refractivity contribution is -0.137. The van der Waals surface area contributed by atoms with Crippen molar-refractivity contribution >= 4 is 17.2 Å². The van der Waals surface area contributed by atoms with E-state index < -0.39 is 11.2 Å². The van der Waals surface area contributed by atoms with E-state index in [0.29, 0.717) is 27.7 Å². The van der Waals surface area contributed by atoms with E-state index in [4.69, 9.17) is 0 Å². The first kappa shape index (κ1) is 11.8. The van der Waals surface area contributed by atoms with Gasteiger partial charge in [0.25, 0.3) is 0 Å². The van der Waals surface area contributed by atoms with Crippen molar-refractivity contribution in [3.8, 4) is 10.6 Å². The van der Waals surface area contributed by atoms with Gasteiger partial charge in [-0.3, -0.25) is 4.98 Å². The Labute approximate surface area is 98.6 Å². The van der Waals surface area contributed by atoms with Gasteiger partial charge in [-0.1, -0.05) is 0 Å². The van der Waals surface area contributed by atoms with Crippen molar-refractivity contribution in [2.45, 2.75) is 6.18 Å². The Kier molecular flexibility index (Phi) is 2.97. The van der Waals surface area contributed by atoms with E-state index >= 15 is 0 Å². The van der Waals surface area contributed by atoms with E-state index in [1.807, 2.05) is 0 Å². The van der Waals surface area contributed by atoms with Crippen LogP contribution in [0.25, 0.3) is 10.6 Å². The second kappa shape index (κ2) is 4.28. The Morgan fingerprint density at radius 1 is 1.24 bits per heavy atom. The molecule has 90 valence electrons. The zero-order valence-corrected chi connectivity index (χ0v) is 9.43. The highest BCUT2D eigenvalue weighted by atomic mass is 32.1. The first-order valence-corrected chi connectivity index (χ1v) is 5.35. The van der Waals surface area contributed by atoms with Crippen LogP contribution in [-0.4, -0.2) is 22.0 Å². The highest BCUT2D eigenvalue weighted by Crippen LogP contribution is 2.35. The molecule has 0 aliphatic heterocycles. The molecule has 0 bridgehead atoms. The zero-order chi connectivity index (χ0) is 12.5. The third-order valence-corrected chi connectivity index (χ3v) is 2.96. The van der Waals surface area contributed by atoms with Crippen molar-refractivity contribution < 1.29 is 13.2 Å². The monoisotopic (exact) mass is 260 g/mol. The van der Waals surface area contributed by atoms with Gasteiger partial charge in [-0.05, 0) is 0 Å². The summed E-state index contributed by atoms with van der Waals surface area (Å²) in [7, 11) is 1.65. The van der Waals surface area contributed by atoms with Gasteiger partial charge in [-0.2, -0.15) is 13.2 Å². The van der Waals surface area contributed by atoms with Crippen LogP contribution in [0.3, 0.4) is 0 Å². The maximum atomic E-state index is 12.4. The average molecular weight is 260 g/mol. The number of halogens is 3. The van der Waals surface area contributed by atoms with Gasteiger partial charge in [0, 0.05) is 13.2 Å². The van der Waals surface area contributed by atoms with Gasteiger partial charge in [0.05, 0.1) is 17.3 Å². The van der Waals surface area contributed by atoms with E-state index in [0.717, 1.165) is 6.20 Å². The maximum absolute atomic E-state index is 12.4. The molecule has 4 nitrogen and oxygen atoms in total. The number of alkyl halides is 3. The topological polar surface area (TPSA) is 50.7 Å². The minimum Gasteiger partial charge on any atom is -0.372 e. The van der Waals surface area contributed by atoms with Gasteiger partial charge in [-0.25, -0.2) is 9.97 Å². The summed E-state index contributed by atoms with van der Waals surface area (Å²) < 4.78 is 37.1. The fourth-order valence-electron chi connectivity index (χ4n) is 1.13. The number of hydrogen-bond acceptors (Lipinski definition) is 5. The van der Waals surface area contributed by atoms with Gasteiger partial charge in [0.1, 0.15) is 11.5 Å². The third-order valence-electron chi connectivity index (χ3n) is 1.89. The van der Waals surface area contributed by atoms with Crippen LogP contribution in [-0.2, 0) is 6.18 Å². The summed E-state index contributed by atoms with van der Waals surface area (Å²) in [5.41, 5.74) is 0.366. The summed E-state index contributed by atoms with van der Waals surface area (Å²) in [5.74, 6) is 0.490. The fraction of sp³-hybridized carbons (Fsp3) is 0.222. The summed E-state index contributed by atoms with van der Waals surface area (Å²) >= 11 is 0.546. The molecule has 0 saturated carbocycles. The lowest BCUT2D eigenvalue weighted by atomic mass is 10.4. The minimum atomic E-state index is -4.42. The number of rotatable bonds is 2. The molecule has 0 aliphatic rings. The molecule has 0 unspecified atom stereocenters. The van der Waals surface area contributed by atoms with Crippen LogP contribution in [0.4, 0.5) is 19.0 Å². The summed E-state index contributed by atoms with van der Waals surface area (Å²) in [4.78, 5) is 11.6. The molecule has 2 aromatic heterocycles. The number of thiazole rings is 1. The lowest BCUT2D eigenvalue weighted by Gasteiger charge is -2.00. The molecular weight excluding hydrogens is 253 g/mol. The molecule has 1 N–H and O–H groups in total. The van der Waals surface area contributed by atoms with Gasteiger partial charge in [-0.15, -0.1) is 11.3 Å². The molecule has 0 amide bonds. The molecule has 17 heavy (non-hydrogen) atoms. The van der Waals surface area contributed by atoms with Crippen molar-refractivity contribution in [2.75, 3.05) is 12.4 Å². The molecule has 0 atom stereocenters. The SMILES string of the molecule is CNc1cncc(-c2cnc(C(F)(F)F)s2)n1. The van der Waals surface area contributed by atoms with Crippen molar-refractivity contribution in [1.82, 2.24) is 15.0 Å².